The Hall–Kier alpha value is -4.47. The number of hydrogen-bond donors (Lipinski definition) is 2. The lowest BCUT2D eigenvalue weighted by molar-refractivity contribution is -0.121. The number of carbonyl (C=O) groups is 4. The molecule has 3 aromatic rings. The van der Waals surface area contributed by atoms with E-state index in [1.165, 1.54) is 42.4 Å². The Balaban J connectivity index is 0.000000302. The summed E-state index contributed by atoms with van der Waals surface area (Å²) in [6.45, 7) is 0. The minimum Gasteiger partial charge on any atom is -0.478 e. The van der Waals surface area contributed by atoms with Crippen LogP contribution in [0, 0.1) is 17.6 Å². The number of carboxylic acids is 1. The second kappa shape index (κ2) is 9.99. The Bertz CT molecular complexity index is 1280. The molecule has 10 heteroatoms. The molecule has 0 saturated heterocycles. The molecule has 0 bridgehead atoms. The zero-order valence-corrected chi connectivity index (χ0v) is 17.9. The van der Waals surface area contributed by atoms with Crippen molar-refractivity contribution in [2.45, 2.75) is 6.42 Å². The molecule has 2 heterocycles. The molecule has 2 aromatic carbocycles. The van der Waals surface area contributed by atoms with Crippen molar-refractivity contribution in [3.05, 3.63) is 94.8 Å². The number of halogens is 2. The summed E-state index contributed by atoms with van der Waals surface area (Å²) >= 11 is 0. The van der Waals surface area contributed by atoms with Gasteiger partial charge in [-0.15, -0.1) is 0 Å². The molecule has 0 saturated carbocycles. The summed E-state index contributed by atoms with van der Waals surface area (Å²) in [4.78, 5) is 51.7. The third kappa shape index (κ3) is 5.12. The second-order valence-corrected chi connectivity index (χ2v) is 7.41. The Morgan fingerprint density at radius 3 is 2.35 bits per heavy atom. The number of fused-ring (bicyclic) bond motifs is 1. The van der Waals surface area contributed by atoms with Gasteiger partial charge in [-0.2, -0.15) is 0 Å². The molecule has 1 unspecified atom stereocenters. The maximum atomic E-state index is 13.4. The molecule has 0 spiro atoms. The van der Waals surface area contributed by atoms with Crippen LogP contribution in [-0.4, -0.2) is 40.7 Å². The zero-order valence-electron chi connectivity index (χ0n) is 17.9. The largest absolute Gasteiger partial charge is 0.478 e. The van der Waals surface area contributed by atoms with E-state index < -0.39 is 41.1 Å². The summed E-state index contributed by atoms with van der Waals surface area (Å²) in [5.41, 5.74) is 6.05. The summed E-state index contributed by atoms with van der Waals surface area (Å²) in [5.74, 6) is -5.84. The quantitative estimate of drug-likeness (QED) is 0.568. The average Bonchev–Trinajstić information content (AvgIpc) is 2.83. The van der Waals surface area contributed by atoms with Gasteiger partial charge in [-0.05, 0) is 54.4 Å². The van der Waals surface area contributed by atoms with Gasteiger partial charge < -0.3 is 15.7 Å². The normalized spacial score (nSPS) is 14.7. The Morgan fingerprint density at radius 1 is 1.06 bits per heavy atom. The van der Waals surface area contributed by atoms with E-state index in [0.29, 0.717) is 16.8 Å². The summed E-state index contributed by atoms with van der Waals surface area (Å²) in [5, 5.41) is 9.08. The number of ketones is 1. The van der Waals surface area contributed by atoms with Crippen molar-refractivity contribution in [3.8, 4) is 0 Å². The highest BCUT2D eigenvalue weighted by Gasteiger charge is 2.38. The lowest BCUT2D eigenvalue weighted by Crippen LogP contribution is -2.43. The number of nitrogens with zero attached hydrogens (tertiary/aromatic N) is 2. The van der Waals surface area contributed by atoms with Crippen LogP contribution in [0.25, 0.3) is 0 Å². The van der Waals surface area contributed by atoms with E-state index in [1.54, 1.807) is 18.3 Å². The second-order valence-electron chi connectivity index (χ2n) is 7.41. The minimum absolute atomic E-state index is 0.0681. The van der Waals surface area contributed by atoms with Crippen molar-refractivity contribution in [1.29, 1.82) is 0 Å². The first-order valence-electron chi connectivity index (χ1n) is 9.93. The summed E-state index contributed by atoms with van der Waals surface area (Å²) in [6.07, 6.45) is 2.92. The molecule has 4 rings (SSSR count). The zero-order chi connectivity index (χ0) is 25.0. The first-order valence-corrected chi connectivity index (χ1v) is 9.93. The number of carbonyl (C=O) groups excluding carboxylic acids is 3. The fraction of sp³-hybridized carbons (Fsp3) is 0.125. The van der Waals surface area contributed by atoms with Crippen LogP contribution < -0.4 is 10.6 Å². The number of hydrogen-bond acceptors (Lipinski definition) is 5. The topological polar surface area (TPSA) is 131 Å². The fourth-order valence-corrected chi connectivity index (χ4v) is 3.40. The van der Waals surface area contributed by atoms with Crippen LogP contribution in [0.2, 0.25) is 0 Å². The average molecular weight is 467 g/mol. The molecule has 34 heavy (non-hydrogen) atoms. The van der Waals surface area contributed by atoms with Gasteiger partial charge >= 0.3 is 5.97 Å². The number of aromatic carboxylic acids is 1. The van der Waals surface area contributed by atoms with E-state index in [2.05, 4.69) is 4.98 Å². The molecule has 3 N–H and O–H groups in total. The van der Waals surface area contributed by atoms with E-state index in [1.807, 2.05) is 0 Å². The first-order chi connectivity index (χ1) is 16.1. The number of primary amides is 1. The summed E-state index contributed by atoms with van der Waals surface area (Å²) in [6, 6.07) is 10.4. The van der Waals surface area contributed by atoms with E-state index in [0.717, 1.165) is 12.1 Å². The SMILES string of the molecule is CN1C(=O)C(Cc2ccc(F)c(F)c2)C(=O)c2cc(C(=O)O)ccc21.NC(=O)c1cccnc1. The van der Waals surface area contributed by atoms with Crippen molar-refractivity contribution in [1.82, 2.24) is 4.98 Å². The Morgan fingerprint density at radius 2 is 1.79 bits per heavy atom. The van der Waals surface area contributed by atoms with E-state index in [9.17, 15) is 28.0 Å². The maximum Gasteiger partial charge on any atom is 0.335 e. The standard InChI is InChI=1S/C18H13F2NO4.C6H6N2O/c1-21-15-5-3-10(18(24)25)8-11(15)16(22)12(17(21)23)6-9-2-4-13(19)14(20)7-9;7-6(9)5-2-1-3-8-4-5/h2-5,7-8,12H,6H2,1H3,(H,24,25);1-4H,(H2,7,9). The highest BCUT2D eigenvalue weighted by Crippen LogP contribution is 2.32. The molecule has 1 aliphatic rings. The van der Waals surface area contributed by atoms with Crippen LogP contribution in [0.5, 0.6) is 0 Å². The molecule has 0 aliphatic carbocycles. The van der Waals surface area contributed by atoms with Crippen molar-refractivity contribution >= 4 is 29.3 Å². The van der Waals surface area contributed by atoms with Crippen LogP contribution in [0.1, 0.15) is 36.6 Å². The van der Waals surface area contributed by atoms with Gasteiger partial charge in [-0.3, -0.25) is 19.4 Å². The van der Waals surface area contributed by atoms with Gasteiger partial charge in [0.05, 0.1) is 16.8 Å². The van der Waals surface area contributed by atoms with Crippen molar-refractivity contribution in [2.24, 2.45) is 11.7 Å². The summed E-state index contributed by atoms with van der Waals surface area (Å²) < 4.78 is 26.4. The van der Waals surface area contributed by atoms with E-state index in [4.69, 9.17) is 10.8 Å². The third-order valence-electron chi connectivity index (χ3n) is 5.19. The first kappa shape index (κ1) is 24.2. The van der Waals surface area contributed by atoms with Gasteiger partial charge in [0.1, 0.15) is 5.92 Å². The van der Waals surface area contributed by atoms with Gasteiger partial charge in [0.15, 0.2) is 17.4 Å². The van der Waals surface area contributed by atoms with Gasteiger partial charge in [0.2, 0.25) is 11.8 Å². The van der Waals surface area contributed by atoms with Crippen LogP contribution in [0.4, 0.5) is 14.5 Å². The number of carboxylic acid groups (broad SMARTS) is 1. The predicted octanol–water partition coefficient (Wildman–Crippen LogP) is 2.86. The Kier molecular flexibility index (Phi) is 7.10. The number of rotatable bonds is 4. The van der Waals surface area contributed by atoms with Gasteiger partial charge in [0.25, 0.3) is 0 Å². The maximum absolute atomic E-state index is 13.4. The Labute approximate surface area is 192 Å². The highest BCUT2D eigenvalue weighted by atomic mass is 19.2. The number of pyridine rings is 1. The van der Waals surface area contributed by atoms with Crippen LogP contribution in [0.15, 0.2) is 60.9 Å². The highest BCUT2D eigenvalue weighted by molar-refractivity contribution is 6.22. The van der Waals surface area contributed by atoms with Gasteiger partial charge in [0, 0.05) is 25.0 Å². The van der Waals surface area contributed by atoms with Crippen molar-refractivity contribution < 1.29 is 33.1 Å². The molecule has 174 valence electrons. The lowest BCUT2D eigenvalue weighted by atomic mass is 9.85. The molecule has 8 nitrogen and oxygen atoms in total. The fourth-order valence-electron chi connectivity index (χ4n) is 3.40. The monoisotopic (exact) mass is 467 g/mol. The third-order valence-corrected chi connectivity index (χ3v) is 5.19. The molecule has 1 aliphatic heterocycles. The van der Waals surface area contributed by atoms with Crippen LogP contribution in [0.3, 0.4) is 0 Å². The minimum atomic E-state index is -1.19. The van der Waals surface area contributed by atoms with Crippen LogP contribution in [-0.2, 0) is 11.2 Å². The molecule has 0 radical (unpaired) electrons. The number of nitrogens with two attached hydrogens (primary N) is 1. The van der Waals surface area contributed by atoms with Gasteiger partial charge in [-0.1, -0.05) is 6.07 Å². The molecular formula is C24H19F2N3O5. The number of anilines is 1. The lowest BCUT2D eigenvalue weighted by Gasteiger charge is -2.30. The van der Waals surface area contributed by atoms with E-state index >= 15 is 0 Å². The van der Waals surface area contributed by atoms with Crippen molar-refractivity contribution in [3.63, 3.8) is 0 Å². The van der Waals surface area contributed by atoms with Crippen LogP contribution >= 0.6 is 0 Å². The number of aromatic nitrogens is 1. The van der Waals surface area contributed by atoms with Gasteiger partial charge in [-0.25, -0.2) is 13.6 Å². The predicted molar refractivity (Wildman–Crippen MR) is 117 cm³/mol. The van der Waals surface area contributed by atoms with E-state index in [-0.39, 0.29) is 17.5 Å². The molecular weight excluding hydrogens is 448 g/mol. The molecule has 0 fully saturated rings. The van der Waals surface area contributed by atoms with Crippen molar-refractivity contribution in [2.75, 3.05) is 11.9 Å². The number of Topliss-reactive ketones (excluding diaryl/α,β-unsaturated/α-hetero) is 1. The smallest absolute Gasteiger partial charge is 0.335 e. The molecule has 1 aromatic heterocycles. The number of amides is 2. The molecule has 1 atom stereocenters. The molecule has 2 amide bonds. The number of benzene rings is 2. The summed E-state index contributed by atoms with van der Waals surface area (Å²) in [7, 11) is 1.48.